The highest BCUT2D eigenvalue weighted by atomic mass is 16.1. The lowest BCUT2D eigenvalue weighted by Crippen LogP contribution is -2.53. The third-order valence-corrected chi connectivity index (χ3v) is 6.20. The zero-order chi connectivity index (χ0) is 13.5. The first-order valence-corrected chi connectivity index (χ1v) is 8.59. The van der Waals surface area contributed by atoms with Crippen LogP contribution in [0, 0.1) is 22.7 Å². The molecule has 0 N–H and O–H groups in total. The van der Waals surface area contributed by atoms with Gasteiger partial charge in [-0.05, 0) is 62.2 Å². The van der Waals surface area contributed by atoms with Crippen LogP contribution in [0.3, 0.4) is 0 Å². The molecule has 4 bridgehead atoms. The first-order valence-electron chi connectivity index (χ1n) is 8.59. The molecule has 0 aromatic carbocycles. The van der Waals surface area contributed by atoms with Gasteiger partial charge in [0.15, 0.2) is 0 Å². The lowest BCUT2D eigenvalue weighted by molar-refractivity contribution is -0.153. The Morgan fingerprint density at radius 1 is 1.05 bits per heavy atom. The van der Waals surface area contributed by atoms with Crippen molar-refractivity contribution in [2.45, 2.75) is 84.5 Å². The van der Waals surface area contributed by atoms with E-state index in [-0.39, 0.29) is 5.41 Å². The second-order valence-corrected chi connectivity index (χ2v) is 8.29. The van der Waals surface area contributed by atoms with Crippen molar-refractivity contribution in [3.63, 3.8) is 0 Å². The summed E-state index contributed by atoms with van der Waals surface area (Å²) in [4.78, 5) is 12.8. The van der Waals surface area contributed by atoms with Crippen LogP contribution in [0.1, 0.15) is 84.5 Å². The summed E-state index contributed by atoms with van der Waals surface area (Å²) in [6.07, 6.45) is 13.8. The lowest BCUT2D eigenvalue weighted by Gasteiger charge is -2.60. The number of carbonyl (C=O) groups excluding carboxylic acids is 1. The maximum Gasteiger partial charge on any atom is 0.139 e. The highest BCUT2D eigenvalue weighted by Crippen LogP contribution is 2.65. The molecule has 0 aromatic heterocycles. The van der Waals surface area contributed by atoms with Crippen molar-refractivity contribution in [3.05, 3.63) is 0 Å². The topological polar surface area (TPSA) is 17.1 Å². The molecule has 108 valence electrons. The third-order valence-electron chi connectivity index (χ3n) is 6.20. The summed E-state index contributed by atoms with van der Waals surface area (Å²) in [5.41, 5.74) is 0.647. The van der Waals surface area contributed by atoms with Gasteiger partial charge in [-0.15, -0.1) is 0 Å². The number of hydrogen-bond donors (Lipinski definition) is 0. The number of rotatable bonds is 6. The number of unbranched alkanes of at least 4 members (excludes halogenated alkanes) is 3. The van der Waals surface area contributed by atoms with Crippen LogP contribution in [0.5, 0.6) is 0 Å². The van der Waals surface area contributed by atoms with Gasteiger partial charge in [-0.1, -0.05) is 33.1 Å². The van der Waals surface area contributed by atoms with Gasteiger partial charge in [0.2, 0.25) is 0 Å². The molecule has 4 fully saturated rings. The quantitative estimate of drug-likeness (QED) is 0.606. The van der Waals surface area contributed by atoms with Crippen molar-refractivity contribution in [1.29, 1.82) is 0 Å². The van der Waals surface area contributed by atoms with Crippen LogP contribution in [-0.2, 0) is 4.79 Å². The van der Waals surface area contributed by atoms with E-state index in [4.69, 9.17) is 0 Å². The summed E-state index contributed by atoms with van der Waals surface area (Å²) in [5.74, 6) is 2.40. The van der Waals surface area contributed by atoms with Gasteiger partial charge in [0, 0.05) is 11.8 Å². The molecule has 0 amide bonds. The molecule has 0 aromatic rings. The third kappa shape index (κ3) is 2.50. The van der Waals surface area contributed by atoms with E-state index in [0.29, 0.717) is 11.2 Å². The van der Waals surface area contributed by atoms with Gasteiger partial charge >= 0.3 is 0 Å². The Labute approximate surface area is 118 Å². The molecular formula is C18H30O. The van der Waals surface area contributed by atoms with E-state index in [1.54, 1.807) is 0 Å². The Morgan fingerprint density at radius 2 is 1.74 bits per heavy atom. The van der Waals surface area contributed by atoms with Crippen LogP contribution in [-0.4, -0.2) is 5.78 Å². The molecular weight excluding hydrogens is 232 g/mol. The smallest absolute Gasteiger partial charge is 0.139 e. The SMILES string of the molecule is CCCCCCC(=O)C12CC3CC(CC(C)(C3)C1)C2. The van der Waals surface area contributed by atoms with Crippen LogP contribution in [0.4, 0.5) is 0 Å². The van der Waals surface area contributed by atoms with Crippen LogP contribution < -0.4 is 0 Å². The minimum Gasteiger partial charge on any atom is -0.299 e. The van der Waals surface area contributed by atoms with Crippen molar-refractivity contribution < 1.29 is 4.79 Å². The van der Waals surface area contributed by atoms with Crippen LogP contribution >= 0.6 is 0 Å². The maximum absolute atomic E-state index is 12.8. The first kappa shape index (κ1) is 13.6. The average molecular weight is 262 g/mol. The fourth-order valence-electron chi connectivity index (χ4n) is 6.02. The monoisotopic (exact) mass is 262 g/mol. The zero-order valence-electron chi connectivity index (χ0n) is 12.8. The second-order valence-electron chi connectivity index (χ2n) is 8.29. The summed E-state index contributed by atoms with van der Waals surface area (Å²) >= 11 is 0. The Bertz CT molecular complexity index is 343. The molecule has 0 spiro atoms. The molecule has 2 unspecified atom stereocenters. The minimum absolute atomic E-state index is 0.130. The van der Waals surface area contributed by atoms with E-state index < -0.39 is 0 Å². The standard InChI is InChI=1S/C18H30O/c1-3-4-5-6-7-16(19)18-11-14-8-15(12-18)10-17(2,9-14)13-18/h14-15H,3-13H2,1-2H3. The number of Topliss-reactive ketones (excluding diaryl/α,β-unsaturated/α-hetero) is 1. The molecule has 19 heavy (non-hydrogen) atoms. The van der Waals surface area contributed by atoms with Crippen LogP contribution in [0.15, 0.2) is 0 Å². The summed E-state index contributed by atoms with van der Waals surface area (Å²) < 4.78 is 0. The van der Waals surface area contributed by atoms with Gasteiger partial charge in [0.05, 0.1) is 0 Å². The molecule has 4 saturated carbocycles. The molecule has 4 aliphatic carbocycles. The van der Waals surface area contributed by atoms with Gasteiger partial charge in [-0.2, -0.15) is 0 Å². The van der Waals surface area contributed by atoms with E-state index in [2.05, 4.69) is 13.8 Å². The van der Waals surface area contributed by atoms with Crippen LogP contribution in [0.25, 0.3) is 0 Å². The predicted molar refractivity (Wildman–Crippen MR) is 79.0 cm³/mol. The van der Waals surface area contributed by atoms with Gasteiger partial charge in [0.1, 0.15) is 5.78 Å². The normalized spacial score (nSPS) is 43.7. The van der Waals surface area contributed by atoms with Crippen molar-refractivity contribution in [1.82, 2.24) is 0 Å². The Balaban J connectivity index is 1.64. The highest BCUT2D eigenvalue weighted by Gasteiger charge is 2.58. The molecule has 0 radical (unpaired) electrons. The summed E-state index contributed by atoms with van der Waals surface area (Å²) in [6, 6.07) is 0. The molecule has 1 nitrogen and oxygen atoms in total. The predicted octanol–water partition coefficient (Wildman–Crippen LogP) is 5.13. The van der Waals surface area contributed by atoms with Crippen molar-refractivity contribution in [2.24, 2.45) is 22.7 Å². The van der Waals surface area contributed by atoms with E-state index in [0.717, 1.165) is 24.7 Å². The fraction of sp³-hybridized carbons (Fsp3) is 0.944. The van der Waals surface area contributed by atoms with E-state index >= 15 is 0 Å². The minimum atomic E-state index is 0.130. The Kier molecular flexibility index (Phi) is 3.52. The Hall–Kier alpha value is -0.330. The molecule has 0 saturated heterocycles. The van der Waals surface area contributed by atoms with Gasteiger partial charge in [-0.3, -0.25) is 4.79 Å². The van der Waals surface area contributed by atoms with Crippen molar-refractivity contribution >= 4 is 5.78 Å². The average Bonchev–Trinajstić information content (AvgIpc) is 2.31. The summed E-state index contributed by atoms with van der Waals surface area (Å²) in [5, 5.41) is 0. The van der Waals surface area contributed by atoms with Crippen molar-refractivity contribution in [2.75, 3.05) is 0 Å². The van der Waals surface area contributed by atoms with E-state index in [1.165, 1.54) is 57.8 Å². The summed E-state index contributed by atoms with van der Waals surface area (Å²) in [7, 11) is 0. The molecule has 0 heterocycles. The van der Waals surface area contributed by atoms with Gasteiger partial charge < -0.3 is 0 Å². The zero-order valence-corrected chi connectivity index (χ0v) is 12.8. The molecule has 2 atom stereocenters. The van der Waals surface area contributed by atoms with E-state index in [9.17, 15) is 4.79 Å². The van der Waals surface area contributed by atoms with Gasteiger partial charge in [-0.25, -0.2) is 0 Å². The van der Waals surface area contributed by atoms with Gasteiger partial charge in [0.25, 0.3) is 0 Å². The first-order chi connectivity index (χ1) is 9.05. The molecule has 1 heteroatoms. The van der Waals surface area contributed by atoms with Crippen molar-refractivity contribution in [3.8, 4) is 0 Å². The number of carbonyl (C=O) groups is 1. The highest BCUT2D eigenvalue weighted by molar-refractivity contribution is 5.85. The fourth-order valence-corrected chi connectivity index (χ4v) is 6.02. The molecule has 4 aliphatic rings. The molecule has 4 rings (SSSR count). The largest absolute Gasteiger partial charge is 0.299 e. The lowest BCUT2D eigenvalue weighted by atomic mass is 9.43. The van der Waals surface area contributed by atoms with Crippen LogP contribution in [0.2, 0.25) is 0 Å². The number of hydrogen-bond acceptors (Lipinski definition) is 1. The summed E-state index contributed by atoms with van der Waals surface area (Å²) in [6.45, 7) is 4.70. The second kappa shape index (κ2) is 4.90. The molecule has 0 aliphatic heterocycles. The maximum atomic E-state index is 12.8. The Morgan fingerprint density at radius 3 is 2.32 bits per heavy atom. The van der Waals surface area contributed by atoms with E-state index in [1.807, 2.05) is 0 Å². The number of ketones is 1.